The molecule has 53 heavy (non-hydrogen) atoms. The maximum atomic E-state index is 0. The first-order valence-electron chi connectivity index (χ1n) is 0. The SMILES string of the molecule is [Pt].[Pt].[Pt].[Pt].[Pt].[Pt].[Pt].[Pt].[Pt].[Pt].[Pt].[Pt].[Pt].[Pt].[Pt].[Pt].[Pt].[Pt].[Pt].[Pt].[Pt].[Pt].[Pt].[Pt].[Pt].[Pt].[Pt].[Pt].[Pt].[Pt].[Pt].[Ru].[Ru].[Ru].[Ru].[Ru].[Ru].[Ru].[Ru].[Ru].[Ru].[Ru].[Ru].[Ru].[Ru].[Ru].[Ru].[Ru].[Ru].[Ru].[Ru].[Ru].[Ru]. The van der Waals surface area contributed by atoms with E-state index in [0.29, 0.717) is 0 Å². The predicted molar refractivity (Wildman–Crippen MR) is 0 cm³/mol. The van der Waals surface area contributed by atoms with Crippen LogP contribution in [0.1, 0.15) is 0 Å². The normalized spacial score (nSPS) is 0. The topological polar surface area (TPSA) is 0 Å². The van der Waals surface area contributed by atoms with Gasteiger partial charge in [0.15, 0.2) is 0 Å². The summed E-state index contributed by atoms with van der Waals surface area (Å²) in [5.41, 5.74) is 0. The van der Waals surface area contributed by atoms with Crippen LogP contribution in [0.15, 0.2) is 0 Å². The Labute approximate surface area is 1050 Å². The van der Waals surface area contributed by atoms with E-state index in [1.54, 1.807) is 0 Å². The molecule has 0 aliphatic carbocycles. The third-order valence-electron chi connectivity index (χ3n) is 0. The molecule has 0 aromatic heterocycles. The molecule has 0 amide bonds. The second-order valence-corrected chi connectivity index (χ2v) is 0. The van der Waals surface area contributed by atoms with Crippen molar-refractivity contribution >= 4 is 0 Å². The maximum absolute atomic E-state index is 0. The third kappa shape index (κ3) is 513. The van der Waals surface area contributed by atoms with Crippen LogP contribution < -0.4 is 0 Å². The van der Waals surface area contributed by atoms with Crippen molar-refractivity contribution in [2.75, 3.05) is 0 Å². The smallest absolute Gasteiger partial charge is 0 e. The van der Waals surface area contributed by atoms with Gasteiger partial charge in [-0.2, -0.15) is 0 Å². The van der Waals surface area contributed by atoms with Crippen LogP contribution in [-0.4, -0.2) is 0 Å². The Morgan fingerprint density at radius 1 is 0.0377 bits per heavy atom. The van der Waals surface area contributed by atoms with Crippen molar-refractivity contribution in [1.82, 2.24) is 0 Å². The van der Waals surface area contributed by atoms with Crippen molar-refractivity contribution in [3.8, 4) is 0 Å². The molecule has 0 aromatic carbocycles. The molecule has 0 aromatic rings. The molecule has 0 bridgehead atoms. The standard InChI is InChI=1S/31Pt.22Ru. The summed E-state index contributed by atoms with van der Waals surface area (Å²) < 4.78 is 0. The van der Waals surface area contributed by atoms with Crippen LogP contribution in [0.3, 0.4) is 0 Å². The van der Waals surface area contributed by atoms with Crippen molar-refractivity contribution in [2.24, 2.45) is 0 Å². The van der Waals surface area contributed by atoms with Gasteiger partial charge in [-0.05, 0) is 0 Å². The Morgan fingerprint density at radius 2 is 0.0377 bits per heavy atom. The van der Waals surface area contributed by atoms with E-state index in [1.165, 1.54) is 0 Å². The first-order chi connectivity index (χ1) is 0. The molecular formula is Pt31Ru22. The summed E-state index contributed by atoms with van der Waals surface area (Å²) in [6, 6.07) is 0. The quantitative estimate of drug-likeness (QED) is 0.297. The van der Waals surface area contributed by atoms with Crippen LogP contribution in [0.25, 0.3) is 0 Å². The van der Waals surface area contributed by atoms with E-state index in [1.807, 2.05) is 0 Å². The molecule has 486 valence electrons. The third-order valence-corrected chi connectivity index (χ3v) is 0. The summed E-state index contributed by atoms with van der Waals surface area (Å²) in [6.07, 6.45) is 0. The second-order valence-electron chi connectivity index (χ2n) is 0. The molecule has 0 unspecified atom stereocenters. The van der Waals surface area contributed by atoms with Crippen LogP contribution in [0.2, 0.25) is 0 Å². The van der Waals surface area contributed by atoms with Crippen molar-refractivity contribution < 1.29 is 1080 Å². The van der Waals surface area contributed by atoms with Crippen LogP contribution >= 0.6 is 0 Å². The average Bonchev–Trinajstić information content (AvgIpc) is 0. The molecule has 0 rings (SSSR count). The summed E-state index contributed by atoms with van der Waals surface area (Å²) in [4.78, 5) is 0. The van der Waals surface area contributed by atoms with Gasteiger partial charge in [0, 0.05) is 1080 Å². The van der Waals surface area contributed by atoms with E-state index in [0.717, 1.165) is 0 Å². The summed E-state index contributed by atoms with van der Waals surface area (Å²) in [5.74, 6) is 0. The molecule has 0 aliphatic rings. The molecule has 0 heterocycles. The largest absolute Gasteiger partial charge is 0 e. The second kappa shape index (κ2) is 525. The van der Waals surface area contributed by atoms with Gasteiger partial charge in [-0.1, -0.05) is 0 Å². The fraction of sp³-hybridized carbons (Fsp3) is 0. The monoisotopic (exact) mass is 8290 g/mol. The molecule has 0 aliphatic heterocycles. The van der Waals surface area contributed by atoms with Crippen LogP contribution in [0.4, 0.5) is 0 Å². The van der Waals surface area contributed by atoms with Crippen LogP contribution in [0, 0.1) is 0 Å². The van der Waals surface area contributed by atoms with Crippen molar-refractivity contribution in [3.63, 3.8) is 0 Å². The van der Waals surface area contributed by atoms with Crippen molar-refractivity contribution in [3.05, 3.63) is 0 Å². The summed E-state index contributed by atoms with van der Waals surface area (Å²) in [6.45, 7) is 0. The number of hydrogen-bond acceptors (Lipinski definition) is 0. The summed E-state index contributed by atoms with van der Waals surface area (Å²) >= 11 is 0. The van der Waals surface area contributed by atoms with Gasteiger partial charge in [-0.3, -0.25) is 0 Å². The molecule has 0 radical (unpaired) electrons. The molecule has 0 saturated heterocycles. The van der Waals surface area contributed by atoms with Gasteiger partial charge in [0.2, 0.25) is 0 Å². The minimum Gasteiger partial charge on any atom is 0 e. The molecule has 53 heteroatoms. The Bertz CT molecular complexity index is 51.9. The van der Waals surface area contributed by atoms with Gasteiger partial charge >= 0.3 is 0 Å². The molecule has 0 N–H and O–H groups in total. The van der Waals surface area contributed by atoms with E-state index in [-0.39, 0.29) is 1080 Å². The Balaban J connectivity index is 0. The van der Waals surface area contributed by atoms with E-state index in [2.05, 4.69) is 0 Å². The molecule has 0 spiro atoms. The summed E-state index contributed by atoms with van der Waals surface area (Å²) in [5, 5.41) is 0. The predicted octanol–water partition coefficient (Wildman–Crippen LogP) is -0.133. The van der Waals surface area contributed by atoms with E-state index in [4.69, 9.17) is 0 Å². The van der Waals surface area contributed by atoms with Gasteiger partial charge < -0.3 is 0 Å². The van der Waals surface area contributed by atoms with Crippen LogP contribution in [0.5, 0.6) is 0 Å². The fourth-order valence-electron chi connectivity index (χ4n) is 0. The van der Waals surface area contributed by atoms with Gasteiger partial charge in [0.1, 0.15) is 0 Å². The zero-order valence-electron chi connectivity index (χ0n) is 17.6. The summed E-state index contributed by atoms with van der Waals surface area (Å²) in [7, 11) is 0. The van der Waals surface area contributed by atoms with Crippen molar-refractivity contribution in [1.29, 1.82) is 0 Å². The van der Waals surface area contributed by atoms with E-state index in [9.17, 15) is 0 Å². The minimum atomic E-state index is 0. The fourth-order valence-corrected chi connectivity index (χ4v) is 0. The molecule has 0 nitrogen and oxygen atoms in total. The first-order valence-corrected chi connectivity index (χ1v) is 0. The minimum absolute atomic E-state index is 0. The Hall–Kier alpha value is 35.1. The molecule has 0 saturated carbocycles. The first kappa shape index (κ1) is 543. The molecular weight excluding hydrogens is 8270 g/mol. The Morgan fingerprint density at radius 3 is 0.0377 bits per heavy atom. The maximum Gasteiger partial charge on any atom is 0 e. The Kier molecular flexibility index (Phi) is 5380. The van der Waals surface area contributed by atoms with E-state index >= 15 is 0 Å². The molecule has 0 atom stereocenters. The zero-order chi connectivity index (χ0) is 0. The molecule has 0 fully saturated rings. The van der Waals surface area contributed by atoms with Crippen LogP contribution in [-0.2, 0) is 1080 Å². The zero-order valence-corrected chi connectivity index (χ0v) is 126. The number of rotatable bonds is 0. The van der Waals surface area contributed by atoms with Gasteiger partial charge in [0.25, 0.3) is 0 Å². The van der Waals surface area contributed by atoms with Gasteiger partial charge in [-0.25, -0.2) is 0 Å². The average molecular weight is 8270 g/mol. The van der Waals surface area contributed by atoms with E-state index < -0.39 is 0 Å². The van der Waals surface area contributed by atoms with Gasteiger partial charge in [-0.15, -0.1) is 0 Å². The van der Waals surface area contributed by atoms with Crippen molar-refractivity contribution in [2.45, 2.75) is 0 Å². The number of hydrogen-bond donors (Lipinski definition) is 0. The van der Waals surface area contributed by atoms with Gasteiger partial charge in [0.05, 0.1) is 0 Å².